The summed E-state index contributed by atoms with van der Waals surface area (Å²) in [5.74, 6) is -0.873. The van der Waals surface area contributed by atoms with Crippen molar-refractivity contribution in [3.8, 4) is 0 Å². The molecule has 0 spiro atoms. The van der Waals surface area contributed by atoms with Crippen LogP contribution in [0.5, 0.6) is 0 Å². The largest absolute Gasteiger partial charge is 0.330 e. The first-order valence-electron chi connectivity index (χ1n) is 12.0. The second-order valence-electron chi connectivity index (χ2n) is 10.3. The number of carbonyl (C=O) groups is 3. The van der Waals surface area contributed by atoms with E-state index in [9.17, 15) is 14.4 Å². The number of hydrogen-bond donors (Lipinski definition) is 1. The van der Waals surface area contributed by atoms with Crippen molar-refractivity contribution in [2.24, 2.45) is 11.3 Å². The monoisotopic (exact) mass is 460 g/mol. The highest BCUT2D eigenvalue weighted by atomic mass is 16.2. The Balaban J connectivity index is 1.74. The van der Waals surface area contributed by atoms with Gasteiger partial charge in [0.25, 0.3) is 0 Å². The Hall–Kier alpha value is -3.21. The molecule has 1 heterocycles. The van der Waals surface area contributed by atoms with Gasteiger partial charge < -0.3 is 10.2 Å². The summed E-state index contributed by atoms with van der Waals surface area (Å²) in [4.78, 5) is 41.3. The molecular weight excluding hydrogens is 424 g/mol. The molecule has 5 heteroatoms. The van der Waals surface area contributed by atoms with Crippen LogP contribution < -0.4 is 5.32 Å². The summed E-state index contributed by atoms with van der Waals surface area (Å²) in [6.45, 7) is 10.4. The first-order valence-corrected chi connectivity index (χ1v) is 12.0. The van der Waals surface area contributed by atoms with Crippen molar-refractivity contribution >= 4 is 28.9 Å². The van der Waals surface area contributed by atoms with Crippen LogP contribution in [0.3, 0.4) is 0 Å². The van der Waals surface area contributed by atoms with Gasteiger partial charge in [-0.1, -0.05) is 68.8 Å². The summed E-state index contributed by atoms with van der Waals surface area (Å²) in [6, 6.07) is 16.8. The molecule has 1 unspecified atom stereocenters. The molecule has 0 bridgehead atoms. The van der Waals surface area contributed by atoms with Crippen LogP contribution in [0, 0.1) is 18.3 Å². The molecule has 1 fully saturated rings. The predicted octanol–water partition coefficient (Wildman–Crippen LogP) is 5.65. The highest BCUT2D eigenvalue weighted by molar-refractivity contribution is 6.01. The molecule has 2 aromatic rings. The first-order chi connectivity index (χ1) is 16.1. The molecule has 1 aliphatic rings. The number of rotatable bonds is 7. The van der Waals surface area contributed by atoms with Gasteiger partial charge in [-0.2, -0.15) is 0 Å². The fourth-order valence-corrected chi connectivity index (χ4v) is 4.42. The van der Waals surface area contributed by atoms with Gasteiger partial charge >= 0.3 is 0 Å². The van der Waals surface area contributed by atoms with Crippen molar-refractivity contribution in [2.75, 3.05) is 11.9 Å². The number of hydrogen-bond acceptors (Lipinski definition) is 3. The van der Waals surface area contributed by atoms with E-state index in [1.807, 2.05) is 89.2 Å². The topological polar surface area (TPSA) is 66.5 Å². The fourth-order valence-electron chi connectivity index (χ4n) is 4.42. The normalized spacial score (nSPS) is 17.4. The van der Waals surface area contributed by atoms with E-state index in [2.05, 4.69) is 5.32 Å². The van der Waals surface area contributed by atoms with Gasteiger partial charge in [-0.15, -0.1) is 0 Å². The van der Waals surface area contributed by atoms with E-state index in [4.69, 9.17) is 0 Å². The Morgan fingerprint density at radius 2 is 1.71 bits per heavy atom. The van der Waals surface area contributed by atoms with E-state index in [0.717, 1.165) is 23.1 Å². The molecule has 0 aromatic heterocycles. The summed E-state index contributed by atoms with van der Waals surface area (Å²) >= 11 is 0. The van der Waals surface area contributed by atoms with E-state index < -0.39 is 17.4 Å². The molecule has 34 heavy (non-hydrogen) atoms. The fraction of sp³-hybridized carbons (Fsp3) is 0.414. The zero-order valence-corrected chi connectivity index (χ0v) is 20.9. The molecule has 0 aliphatic carbocycles. The van der Waals surface area contributed by atoms with Crippen molar-refractivity contribution in [1.29, 1.82) is 0 Å². The predicted molar refractivity (Wildman–Crippen MR) is 137 cm³/mol. The van der Waals surface area contributed by atoms with E-state index in [1.165, 1.54) is 0 Å². The van der Waals surface area contributed by atoms with E-state index >= 15 is 0 Å². The summed E-state index contributed by atoms with van der Waals surface area (Å²) in [6.07, 6.45) is 3.16. The second-order valence-corrected chi connectivity index (χ2v) is 10.3. The van der Waals surface area contributed by atoms with Crippen molar-refractivity contribution in [3.05, 3.63) is 71.8 Å². The summed E-state index contributed by atoms with van der Waals surface area (Å²) in [5.41, 5.74) is 3.34. The molecule has 1 saturated heterocycles. The Labute approximate surface area is 203 Å². The molecule has 2 amide bonds. The average Bonchev–Trinajstić information content (AvgIpc) is 3.27. The van der Waals surface area contributed by atoms with Crippen LogP contribution in [0.15, 0.2) is 60.7 Å². The highest BCUT2D eigenvalue weighted by Crippen LogP contribution is 2.34. The lowest BCUT2D eigenvalue weighted by Crippen LogP contribution is -2.48. The number of benzene rings is 2. The third-order valence-corrected chi connectivity index (χ3v) is 6.51. The average molecular weight is 461 g/mol. The number of amides is 2. The van der Waals surface area contributed by atoms with Crippen LogP contribution in [-0.4, -0.2) is 35.1 Å². The van der Waals surface area contributed by atoms with Crippen LogP contribution in [0.2, 0.25) is 0 Å². The standard InChI is InChI=1S/C29H36N2O3/c1-20-13-15-22(16-14-20)21(2)18-24(32)19-25(29(3,4)5)28(34)31-17-9-12-26(31)27(33)30-23-10-7-6-8-11-23/h6-8,10-11,13-16,18,25-26H,9,12,17,19H2,1-5H3,(H,30,33)/b21-18+/t25?,26-/m0/s1. The Morgan fingerprint density at radius 3 is 2.32 bits per heavy atom. The van der Waals surface area contributed by atoms with Gasteiger partial charge in [-0.3, -0.25) is 14.4 Å². The Kier molecular flexibility index (Phi) is 8.08. The number of carbonyl (C=O) groups excluding carboxylic acids is 3. The molecule has 0 radical (unpaired) electrons. The lowest BCUT2D eigenvalue weighted by Gasteiger charge is -2.34. The third kappa shape index (κ3) is 6.43. The van der Waals surface area contributed by atoms with Crippen LogP contribution in [0.25, 0.3) is 5.57 Å². The Bertz CT molecular complexity index is 1050. The maximum Gasteiger partial charge on any atom is 0.247 e. The maximum atomic E-state index is 13.7. The lowest BCUT2D eigenvalue weighted by atomic mass is 9.76. The molecule has 2 aromatic carbocycles. The van der Waals surface area contributed by atoms with Crippen LogP contribution >= 0.6 is 0 Å². The van der Waals surface area contributed by atoms with Gasteiger partial charge in [0, 0.05) is 18.7 Å². The third-order valence-electron chi connectivity index (χ3n) is 6.51. The number of nitrogens with zero attached hydrogens (tertiary/aromatic N) is 1. The SMILES string of the molecule is C/C(=C\C(=O)CC(C(=O)N1CCC[C@H]1C(=O)Nc1ccccc1)C(C)(C)C)c1ccc(C)cc1. The molecule has 0 saturated carbocycles. The number of para-hydroxylation sites is 1. The molecule has 180 valence electrons. The van der Waals surface area contributed by atoms with Gasteiger partial charge in [0.2, 0.25) is 11.8 Å². The van der Waals surface area contributed by atoms with Crippen LogP contribution in [0.4, 0.5) is 5.69 Å². The minimum absolute atomic E-state index is 0.0733. The van der Waals surface area contributed by atoms with E-state index in [1.54, 1.807) is 11.0 Å². The number of ketones is 1. The molecule has 5 nitrogen and oxygen atoms in total. The number of likely N-dealkylation sites (tertiary alicyclic amines) is 1. The van der Waals surface area contributed by atoms with Crippen molar-refractivity contribution in [3.63, 3.8) is 0 Å². The zero-order valence-electron chi connectivity index (χ0n) is 20.9. The van der Waals surface area contributed by atoms with Gasteiger partial charge in [-0.25, -0.2) is 0 Å². The first kappa shape index (κ1) is 25.4. The van der Waals surface area contributed by atoms with Crippen LogP contribution in [-0.2, 0) is 14.4 Å². The second kappa shape index (κ2) is 10.8. The van der Waals surface area contributed by atoms with Gasteiger partial charge in [-0.05, 0) is 61.4 Å². The number of aryl methyl sites for hydroxylation is 1. The van der Waals surface area contributed by atoms with Gasteiger partial charge in [0.1, 0.15) is 6.04 Å². The maximum absolute atomic E-state index is 13.7. The zero-order chi connectivity index (χ0) is 24.9. The summed E-state index contributed by atoms with van der Waals surface area (Å²) < 4.78 is 0. The van der Waals surface area contributed by atoms with Crippen molar-refractivity contribution in [2.45, 2.75) is 59.9 Å². The molecule has 2 atom stereocenters. The molecule has 3 rings (SSSR count). The quantitative estimate of drug-likeness (QED) is 0.543. The van der Waals surface area contributed by atoms with Gasteiger partial charge in [0.05, 0.1) is 5.92 Å². The molecule has 1 aliphatic heterocycles. The van der Waals surface area contributed by atoms with Gasteiger partial charge in [0.15, 0.2) is 5.78 Å². The Morgan fingerprint density at radius 1 is 1.06 bits per heavy atom. The summed E-state index contributed by atoms with van der Waals surface area (Å²) in [7, 11) is 0. The van der Waals surface area contributed by atoms with Crippen LogP contribution in [0.1, 0.15) is 58.1 Å². The number of nitrogens with one attached hydrogen (secondary N) is 1. The number of anilines is 1. The summed E-state index contributed by atoms with van der Waals surface area (Å²) in [5, 5.41) is 2.93. The lowest BCUT2D eigenvalue weighted by molar-refractivity contribution is -0.144. The van der Waals surface area contributed by atoms with Crippen molar-refractivity contribution in [1.82, 2.24) is 4.90 Å². The highest BCUT2D eigenvalue weighted by Gasteiger charge is 2.41. The molecule has 1 N–H and O–H groups in total. The van der Waals surface area contributed by atoms with E-state index in [-0.39, 0.29) is 24.0 Å². The van der Waals surface area contributed by atoms with E-state index in [0.29, 0.717) is 18.7 Å². The number of allylic oxidation sites excluding steroid dienone is 2. The minimum atomic E-state index is -0.516. The minimum Gasteiger partial charge on any atom is -0.330 e. The smallest absolute Gasteiger partial charge is 0.247 e. The molecular formula is C29H36N2O3. The van der Waals surface area contributed by atoms with Crippen molar-refractivity contribution < 1.29 is 14.4 Å².